The monoisotopic (exact) mass is 586 g/mol. The van der Waals surface area contributed by atoms with Crippen LogP contribution in [0.4, 0.5) is 4.39 Å². The molecule has 3 aromatic rings. The number of hydrogen-bond donors (Lipinski definition) is 0. The van der Waals surface area contributed by atoms with Crippen LogP contribution in [0, 0.1) is 5.82 Å². The van der Waals surface area contributed by atoms with Crippen LogP contribution in [-0.4, -0.2) is 61.2 Å². The highest BCUT2D eigenvalue weighted by Gasteiger charge is 2.53. The molecular formula is C29H27FO12. The lowest BCUT2D eigenvalue weighted by atomic mass is 9.98. The zero-order chi connectivity index (χ0) is 30.6. The van der Waals surface area contributed by atoms with Crippen molar-refractivity contribution in [2.75, 3.05) is 6.61 Å². The first kappa shape index (κ1) is 30.2. The van der Waals surface area contributed by atoms with E-state index >= 15 is 0 Å². The number of esters is 4. The van der Waals surface area contributed by atoms with Crippen LogP contribution in [0.1, 0.15) is 27.7 Å². The molecule has 1 aliphatic rings. The minimum Gasteiger partial charge on any atom is -0.463 e. The first-order valence-corrected chi connectivity index (χ1v) is 12.7. The topological polar surface area (TPSA) is 154 Å². The second-order valence-electron chi connectivity index (χ2n) is 9.33. The van der Waals surface area contributed by atoms with Gasteiger partial charge < -0.3 is 32.8 Å². The van der Waals surface area contributed by atoms with Crippen molar-refractivity contribution < 1.29 is 56.4 Å². The highest BCUT2D eigenvalue weighted by atomic mass is 19.1. The fourth-order valence-electron chi connectivity index (χ4n) is 4.43. The maximum atomic E-state index is 13.3. The van der Waals surface area contributed by atoms with Gasteiger partial charge >= 0.3 is 23.9 Å². The quantitative estimate of drug-likeness (QED) is 0.281. The molecule has 222 valence electrons. The number of hydrogen-bond acceptors (Lipinski definition) is 12. The summed E-state index contributed by atoms with van der Waals surface area (Å²) in [6.07, 6.45) is -5.62. The molecule has 13 heteroatoms. The van der Waals surface area contributed by atoms with E-state index in [1.807, 2.05) is 0 Å². The molecule has 4 rings (SSSR count). The lowest BCUT2D eigenvalue weighted by Gasteiger charge is -2.43. The average Bonchev–Trinajstić information content (AvgIpc) is 2.91. The molecule has 1 aliphatic heterocycles. The van der Waals surface area contributed by atoms with E-state index in [9.17, 15) is 28.4 Å². The number of halogens is 1. The third-order valence-electron chi connectivity index (χ3n) is 6.10. The molecule has 1 saturated heterocycles. The van der Waals surface area contributed by atoms with Gasteiger partial charge in [-0.1, -0.05) is 12.1 Å². The van der Waals surface area contributed by atoms with Gasteiger partial charge in [0.15, 0.2) is 17.6 Å². The third kappa shape index (κ3) is 7.10. The Bertz CT molecular complexity index is 1550. The van der Waals surface area contributed by atoms with Crippen molar-refractivity contribution in [1.29, 1.82) is 0 Å². The largest absolute Gasteiger partial charge is 0.463 e. The first-order chi connectivity index (χ1) is 19.9. The van der Waals surface area contributed by atoms with E-state index in [2.05, 4.69) is 0 Å². The van der Waals surface area contributed by atoms with Gasteiger partial charge in [-0.3, -0.25) is 24.0 Å². The van der Waals surface area contributed by atoms with Crippen LogP contribution in [0.25, 0.3) is 22.1 Å². The molecule has 1 aromatic heterocycles. The van der Waals surface area contributed by atoms with Crippen molar-refractivity contribution in [1.82, 2.24) is 0 Å². The molecule has 2 aromatic carbocycles. The van der Waals surface area contributed by atoms with Gasteiger partial charge in [0, 0.05) is 33.8 Å². The number of rotatable bonds is 8. The number of carbonyl (C=O) groups excluding carboxylic acids is 4. The molecule has 0 radical (unpaired) electrons. The summed E-state index contributed by atoms with van der Waals surface area (Å²) in [5.74, 6) is -3.35. The van der Waals surface area contributed by atoms with Gasteiger partial charge in [0.25, 0.3) is 0 Å². The average molecular weight is 587 g/mol. The van der Waals surface area contributed by atoms with Crippen LogP contribution in [0.5, 0.6) is 5.75 Å². The summed E-state index contributed by atoms with van der Waals surface area (Å²) >= 11 is 0. The normalized spacial score (nSPS) is 21.7. The lowest BCUT2D eigenvalue weighted by molar-refractivity contribution is -0.288. The van der Waals surface area contributed by atoms with E-state index in [1.54, 1.807) is 0 Å². The molecule has 0 spiro atoms. The Balaban J connectivity index is 1.70. The van der Waals surface area contributed by atoms with Crippen molar-refractivity contribution in [3.8, 4) is 16.9 Å². The standard InChI is InChI=1S/C29H27FO12/c1-14(31)36-13-24-26(38-15(2)32)27(39-16(3)33)28(40-17(4)34)29(42-24)41-20-9-10-21-23(11-20)37-12-22(25(21)35)18-5-7-19(30)8-6-18/h5-12,24,26-29H,13H2,1-4H3/t24-,26-,27+,28+,29-/m0/s1. The van der Waals surface area contributed by atoms with Gasteiger partial charge in [-0.05, 0) is 29.8 Å². The predicted octanol–water partition coefficient (Wildman–Crippen LogP) is 3.06. The summed E-state index contributed by atoms with van der Waals surface area (Å²) in [6, 6.07) is 9.62. The molecule has 0 amide bonds. The van der Waals surface area contributed by atoms with Crippen molar-refractivity contribution in [2.24, 2.45) is 0 Å². The van der Waals surface area contributed by atoms with Gasteiger partial charge in [-0.15, -0.1) is 0 Å². The summed E-state index contributed by atoms with van der Waals surface area (Å²) < 4.78 is 52.1. The van der Waals surface area contributed by atoms with Crippen LogP contribution < -0.4 is 10.2 Å². The molecule has 42 heavy (non-hydrogen) atoms. The number of carbonyl (C=O) groups is 4. The minimum absolute atomic E-state index is 0.0982. The maximum Gasteiger partial charge on any atom is 0.303 e. The molecule has 12 nitrogen and oxygen atoms in total. The van der Waals surface area contributed by atoms with E-state index in [4.69, 9.17) is 32.8 Å². The molecule has 0 N–H and O–H groups in total. The third-order valence-corrected chi connectivity index (χ3v) is 6.10. The Hall–Kier alpha value is -4.78. The predicted molar refractivity (Wildman–Crippen MR) is 140 cm³/mol. The Morgan fingerprint density at radius 3 is 2.05 bits per heavy atom. The van der Waals surface area contributed by atoms with Crippen molar-refractivity contribution in [3.63, 3.8) is 0 Å². The Morgan fingerprint density at radius 2 is 1.43 bits per heavy atom. The van der Waals surface area contributed by atoms with E-state index < -0.39 is 67.0 Å². The number of fused-ring (bicyclic) bond motifs is 1. The Morgan fingerprint density at radius 1 is 0.810 bits per heavy atom. The van der Waals surface area contributed by atoms with Crippen molar-refractivity contribution in [3.05, 3.63) is 64.8 Å². The molecule has 0 aliphatic carbocycles. The van der Waals surface area contributed by atoms with Crippen molar-refractivity contribution in [2.45, 2.75) is 58.4 Å². The Kier molecular flexibility index (Phi) is 9.21. The zero-order valence-electron chi connectivity index (χ0n) is 23.0. The summed E-state index contributed by atoms with van der Waals surface area (Å²) in [6.45, 7) is 4.07. The zero-order valence-corrected chi connectivity index (χ0v) is 23.0. The van der Waals surface area contributed by atoms with E-state index in [0.29, 0.717) is 5.56 Å². The Labute approximate surface area is 238 Å². The van der Waals surface area contributed by atoms with Gasteiger partial charge in [0.2, 0.25) is 12.4 Å². The smallest absolute Gasteiger partial charge is 0.303 e. The SMILES string of the molecule is CC(=O)OC[C@@H]1O[C@H](Oc2ccc3c(=O)c(-c4ccc(F)cc4)coc3c2)[C@H](OC(C)=O)[C@H](OC(C)=O)[C@H]1OC(C)=O. The molecule has 5 atom stereocenters. The van der Waals surface area contributed by atoms with E-state index in [-0.39, 0.29) is 27.7 Å². The molecule has 2 heterocycles. The van der Waals surface area contributed by atoms with E-state index in [0.717, 1.165) is 27.7 Å². The van der Waals surface area contributed by atoms with E-state index in [1.165, 1.54) is 48.7 Å². The molecule has 0 saturated carbocycles. The summed E-state index contributed by atoms with van der Waals surface area (Å²) in [5.41, 5.74) is 0.441. The highest BCUT2D eigenvalue weighted by Crippen LogP contribution is 2.32. The lowest BCUT2D eigenvalue weighted by Crippen LogP contribution is -2.63. The van der Waals surface area contributed by atoms with Gasteiger partial charge in [0.05, 0.1) is 10.9 Å². The minimum atomic E-state index is -1.46. The number of ether oxygens (including phenoxy) is 6. The van der Waals surface area contributed by atoms with Crippen LogP contribution in [0.15, 0.2) is 57.9 Å². The summed E-state index contributed by atoms with van der Waals surface area (Å²) in [4.78, 5) is 60.6. The molecular weight excluding hydrogens is 559 g/mol. The summed E-state index contributed by atoms with van der Waals surface area (Å²) in [5, 5.41) is 0.200. The molecule has 0 bridgehead atoms. The molecule has 1 fully saturated rings. The van der Waals surface area contributed by atoms with Crippen LogP contribution in [-0.2, 0) is 42.9 Å². The van der Waals surface area contributed by atoms with Crippen LogP contribution >= 0.6 is 0 Å². The second kappa shape index (κ2) is 12.8. The number of benzene rings is 2. The first-order valence-electron chi connectivity index (χ1n) is 12.7. The van der Waals surface area contributed by atoms with Crippen LogP contribution in [0.3, 0.4) is 0 Å². The van der Waals surface area contributed by atoms with Gasteiger partial charge in [-0.2, -0.15) is 0 Å². The van der Waals surface area contributed by atoms with Crippen molar-refractivity contribution >= 4 is 34.8 Å². The van der Waals surface area contributed by atoms with Gasteiger partial charge in [0.1, 0.15) is 36.1 Å². The fraction of sp³-hybridized carbons (Fsp3) is 0.345. The maximum absolute atomic E-state index is 13.3. The molecule has 0 unspecified atom stereocenters. The van der Waals surface area contributed by atoms with Gasteiger partial charge in [-0.25, -0.2) is 4.39 Å². The second-order valence-corrected chi connectivity index (χ2v) is 9.33. The van der Waals surface area contributed by atoms with Crippen LogP contribution in [0.2, 0.25) is 0 Å². The highest BCUT2D eigenvalue weighted by molar-refractivity contribution is 5.82. The fourth-order valence-corrected chi connectivity index (χ4v) is 4.43. The summed E-state index contributed by atoms with van der Waals surface area (Å²) in [7, 11) is 0.